The second kappa shape index (κ2) is 9.46. The van der Waals surface area contributed by atoms with Gasteiger partial charge in [-0.3, -0.25) is 19.3 Å². The molecule has 2 aromatic rings. The first-order valence-electron chi connectivity index (χ1n) is 9.35. The van der Waals surface area contributed by atoms with Crippen LogP contribution in [0.5, 0.6) is 0 Å². The highest BCUT2D eigenvalue weighted by molar-refractivity contribution is 8.18. The number of hydrogen-bond donors (Lipinski definition) is 2. The average molecular weight is 460 g/mol. The number of imide groups is 1. The maximum atomic E-state index is 12.5. The molecule has 0 unspecified atom stereocenters. The molecule has 31 heavy (non-hydrogen) atoms. The standard InChI is InChI=1S/C21H21N3O5S2/c1-14-3-5-15(6-4-14)13-18-20(26)24(21(27)30-18)12-11-23-19(25)16-7-9-17(10-8-16)31(28,29)22-2/h3-10,13,22H,11-12H2,1-2H3,(H,23,25)/b18-13-. The number of benzene rings is 2. The van der Waals surface area contributed by atoms with Crippen molar-refractivity contribution in [2.24, 2.45) is 0 Å². The third-order valence-corrected chi connectivity index (χ3v) is 6.90. The van der Waals surface area contributed by atoms with Crippen LogP contribution in [0, 0.1) is 6.92 Å². The van der Waals surface area contributed by atoms with E-state index in [1.54, 1.807) is 6.08 Å². The molecule has 10 heteroatoms. The molecule has 1 aliphatic rings. The summed E-state index contributed by atoms with van der Waals surface area (Å²) in [5, 5.41) is 2.24. The van der Waals surface area contributed by atoms with E-state index in [-0.39, 0.29) is 28.8 Å². The first-order chi connectivity index (χ1) is 14.7. The van der Waals surface area contributed by atoms with Crippen molar-refractivity contribution in [2.75, 3.05) is 20.1 Å². The number of nitrogens with one attached hydrogen (secondary N) is 2. The summed E-state index contributed by atoms with van der Waals surface area (Å²) >= 11 is 0.865. The van der Waals surface area contributed by atoms with Gasteiger partial charge in [0.25, 0.3) is 17.1 Å². The van der Waals surface area contributed by atoms with Crippen LogP contribution in [-0.2, 0) is 14.8 Å². The summed E-state index contributed by atoms with van der Waals surface area (Å²) in [6.45, 7) is 2.07. The van der Waals surface area contributed by atoms with Crippen molar-refractivity contribution in [2.45, 2.75) is 11.8 Å². The van der Waals surface area contributed by atoms with Crippen molar-refractivity contribution < 1.29 is 22.8 Å². The van der Waals surface area contributed by atoms with Crippen LogP contribution in [0.4, 0.5) is 4.79 Å². The van der Waals surface area contributed by atoms with E-state index in [1.165, 1.54) is 31.3 Å². The molecular weight excluding hydrogens is 438 g/mol. The lowest BCUT2D eigenvalue weighted by Crippen LogP contribution is -2.37. The fourth-order valence-electron chi connectivity index (χ4n) is 2.79. The number of nitrogens with zero attached hydrogens (tertiary/aromatic N) is 1. The molecule has 8 nitrogen and oxygen atoms in total. The summed E-state index contributed by atoms with van der Waals surface area (Å²) in [5.74, 6) is -0.831. The van der Waals surface area contributed by atoms with Crippen LogP contribution < -0.4 is 10.0 Å². The molecule has 162 valence electrons. The molecule has 3 rings (SSSR count). The van der Waals surface area contributed by atoms with Crippen molar-refractivity contribution in [3.63, 3.8) is 0 Å². The Hall–Kier alpha value is -2.95. The molecule has 3 amide bonds. The van der Waals surface area contributed by atoms with Crippen molar-refractivity contribution in [1.29, 1.82) is 0 Å². The highest BCUT2D eigenvalue weighted by Crippen LogP contribution is 2.31. The van der Waals surface area contributed by atoms with Gasteiger partial charge in [0.1, 0.15) is 0 Å². The van der Waals surface area contributed by atoms with E-state index in [0.29, 0.717) is 4.91 Å². The first-order valence-corrected chi connectivity index (χ1v) is 11.6. The van der Waals surface area contributed by atoms with E-state index in [9.17, 15) is 22.8 Å². The van der Waals surface area contributed by atoms with Crippen LogP contribution in [0.25, 0.3) is 6.08 Å². The van der Waals surface area contributed by atoms with Crippen LogP contribution in [0.15, 0.2) is 58.3 Å². The van der Waals surface area contributed by atoms with E-state index in [2.05, 4.69) is 10.0 Å². The number of rotatable bonds is 7. The molecule has 2 N–H and O–H groups in total. The highest BCUT2D eigenvalue weighted by Gasteiger charge is 2.34. The molecule has 0 atom stereocenters. The summed E-state index contributed by atoms with van der Waals surface area (Å²) in [5.41, 5.74) is 2.19. The number of hydrogen-bond acceptors (Lipinski definition) is 6. The zero-order chi connectivity index (χ0) is 22.6. The van der Waals surface area contributed by atoms with Gasteiger partial charge in [0.05, 0.1) is 9.80 Å². The topological polar surface area (TPSA) is 113 Å². The van der Waals surface area contributed by atoms with Gasteiger partial charge in [-0.1, -0.05) is 29.8 Å². The number of carbonyl (C=O) groups excluding carboxylic acids is 3. The molecule has 1 aliphatic heterocycles. The third-order valence-electron chi connectivity index (χ3n) is 4.57. The molecule has 1 saturated heterocycles. The van der Waals surface area contributed by atoms with Gasteiger partial charge >= 0.3 is 0 Å². The molecule has 1 heterocycles. The highest BCUT2D eigenvalue weighted by atomic mass is 32.2. The lowest BCUT2D eigenvalue weighted by Gasteiger charge is -2.13. The van der Waals surface area contributed by atoms with Gasteiger partial charge in [-0.15, -0.1) is 0 Å². The Bertz CT molecular complexity index is 1140. The Morgan fingerprint density at radius 3 is 2.32 bits per heavy atom. The quantitative estimate of drug-likeness (QED) is 0.615. The largest absolute Gasteiger partial charge is 0.350 e. The molecule has 1 fully saturated rings. The second-order valence-electron chi connectivity index (χ2n) is 6.73. The Morgan fingerprint density at radius 1 is 1.06 bits per heavy atom. The van der Waals surface area contributed by atoms with Gasteiger partial charge in [-0.05, 0) is 61.6 Å². The van der Waals surface area contributed by atoms with E-state index >= 15 is 0 Å². The minimum Gasteiger partial charge on any atom is -0.350 e. The first kappa shape index (κ1) is 22.7. The summed E-state index contributed by atoms with van der Waals surface area (Å²) < 4.78 is 25.7. The SMILES string of the molecule is CNS(=O)(=O)c1ccc(C(=O)NCCN2C(=O)S/C(=C\c3ccc(C)cc3)C2=O)cc1. The predicted molar refractivity (Wildman–Crippen MR) is 119 cm³/mol. The number of aryl methyl sites for hydroxylation is 1. The van der Waals surface area contributed by atoms with Crippen LogP contribution in [0.3, 0.4) is 0 Å². The Kier molecular flexibility index (Phi) is 6.94. The average Bonchev–Trinajstić information content (AvgIpc) is 3.02. The summed E-state index contributed by atoms with van der Waals surface area (Å²) in [7, 11) is -2.28. The molecule has 0 radical (unpaired) electrons. The molecular formula is C21H21N3O5S2. The monoisotopic (exact) mass is 459 g/mol. The third kappa shape index (κ3) is 5.40. The maximum absolute atomic E-state index is 12.5. The fraction of sp³-hybridized carbons (Fsp3) is 0.190. The molecule has 0 spiro atoms. The van der Waals surface area contributed by atoms with E-state index < -0.39 is 21.8 Å². The number of amides is 3. The minimum atomic E-state index is -3.58. The summed E-state index contributed by atoms with van der Waals surface area (Å²) in [4.78, 5) is 38.5. The Balaban J connectivity index is 1.57. The van der Waals surface area contributed by atoms with E-state index in [4.69, 9.17) is 0 Å². The van der Waals surface area contributed by atoms with Gasteiger partial charge in [0.2, 0.25) is 10.0 Å². The van der Waals surface area contributed by atoms with Crippen LogP contribution in [0.1, 0.15) is 21.5 Å². The van der Waals surface area contributed by atoms with Crippen molar-refractivity contribution in [3.8, 4) is 0 Å². The van der Waals surface area contributed by atoms with Crippen molar-refractivity contribution in [3.05, 3.63) is 70.1 Å². The lowest BCUT2D eigenvalue weighted by molar-refractivity contribution is -0.122. The Morgan fingerprint density at radius 2 is 1.71 bits per heavy atom. The summed E-state index contributed by atoms with van der Waals surface area (Å²) in [6, 6.07) is 13.0. The fourth-order valence-corrected chi connectivity index (χ4v) is 4.39. The zero-order valence-electron chi connectivity index (χ0n) is 16.9. The summed E-state index contributed by atoms with van der Waals surface area (Å²) in [6.07, 6.45) is 1.67. The smallest absolute Gasteiger partial charge is 0.293 e. The normalized spacial score (nSPS) is 15.5. The number of thioether (sulfide) groups is 1. The number of sulfonamides is 1. The molecule has 0 saturated carbocycles. The van der Waals surface area contributed by atoms with Crippen LogP contribution in [0.2, 0.25) is 0 Å². The van der Waals surface area contributed by atoms with Gasteiger partial charge < -0.3 is 5.32 Å². The molecule has 0 aliphatic carbocycles. The molecule has 0 bridgehead atoms. The van der Waals surface area contributed by atoms with Gasteiger partial charge in [0.15, 0.2) is 0 Å². The lowest BCUT2D eigenvalue weighted by atomic mass is 10.1. The maximum Gasteiger partial charge on any atom is 0.293 e. The van der Waals surface area contributed by atoms with Crippen LogP contribution in [-0.4, -0.2) is 50.5 Å². The van der Waals surface area contributed by atoms with E-state index in [0.717, 1.165) is 27.8 Å². The zero-order valence-corrected chi connectivity index (χ0v) is 18.5. The minimum absolute atomic E-state index is 0.0356. The van der Waals surface area contributed by atoms with Gasteiger partial charge in [0, 0.05) is 18.7 Å². The second-order valence-corrected chi connectivity index (χ2v) is 9.61. The van der Waals surface area contributed by atoms with Gasteiger partial charge in [-0.2, -0.15) is 0 Å². The Labute approximate surface area is 184 Å². The van der Waals surface area contributed by atoms with Crippen molar-refractivity contribution in [1.82, 2.24) is 14.9 Å². The molecule has 0 aromatic heterocycles. The predicted octanol–water partition coefficient (Wildman–Crippen LogP) is 2.37. The van der Waals surface area contributed by atoms with E-state index in [1.807, 2.05) is 31.2 Å². The number of carbonyl (C=O) groups is 3. The van der Waals surface area contributed by atoms with Gasteiger partial charge in [-0.25, -0.2) is 13.1 Å². The van der Waals surface area contributed by atoms with Crippen molar-refractivity contribution >= 4 is 44.9 Å². The molecule has 2 aromatic carbocycles. The van der Waals surface area contributed by atoms with Crippen LogP contribution >= 0.6 is 11.8 Å².